The third kappa shape index (κ3) is 4.53. The van der Waals surface area contributed by atoms with Crippen LogP contribution in [0.15, 0.2) is 57.7 Å². The number of aromatic nitrogens is 1. The number of hydrogen-bond donors (Lipinski definition) is 0. The maximum Gasteiger partial charge on any atom is 0.242 e. The maximum atomic E-state index is 12.4. The molecule has 0 spiro atoms. The van der Waals surface area contributed by atoms with Gasteiger partial charge in [0.2, 0.25) is 10.0 Å². The third-order valence-corrected chi connectivity index (χ3v) is 7.36. The monoisotopic (exact) mass is 521 g/mol. The van der Waals surface area contributed by atoms with Gasteiger partial charge < -0.3 is 4.57 Å². The van der Waals surface area contributed by atoms with Crippen molar-refractivity contribution in [3.05, 3.63) is 62.7 Å². The van der Waals surface area contributed by atoms with Gasteiger partial charge in [0.25, 0.3) is 0 Å². The Balaban J connectivity index is 0.00000280. The minimum atomic E-state index is -3.56. The van der Waals surface area contributed by atoms with Crippen LogP contribution >= 0.6 is 51.5 Å². The van der Waals surface area contributed by atoms with Crippen LogP contribution in [0.1, 0.15) is 0 Å². The van der Waals surface area contributed by atoms with Crippen LogP contribution in [-0.4, -0.2) is 31.4 Å². The van der Waals surface area contributed by atoms with E-state index in [1.807, 2.05) is 35.2 Å². The van der Waals surface area contributed by atoms with Crippen molar-refractivity contribution in [1.29, 1.82) is 0 Å². The predicted molar refractivity (Wildman–Crippen MR) is 122 cm³/mol. The predicted octanol–water partition coefficient (Wildman–Crippen LogP) is 5.12. The molecule has 1 heterocycles. The molecule has 5 nitrogen and oxygen atoms in total. The molecule has 1 aromatic heterocycles. The van der Waals surface area contributed by atoms with Crippen LogP contribution in [0.5, 0.6) is 0 Å². The zero-order valence-electron chi connectivity index (χ0n) is 15.3. The molecule has 0 aliphatic carbocycles. The van der Waals surface area contributed by atoms with Crippen molar-refractivity contribution < 1.29 is 8.42 Å². The second-order valence-electron chi connectivity index (χ2n) is 5.95. The van der Waals surface area contributed by atoms with Crippen molar-refractivity contribution in [2.75, 3.05) is 14.1 Å². The summed E-state index contributed by atoms with van der Waals surface area (Å²) >= 11 is 14.0. The number of hydrogen-bond acceptors (Lipinski definition) is 4. The van der Waals surface area contributed by atoms with Gasteiger partial charge in [-0.15, -0.1) is 28.3 Å². The zero-order chi connectivity index (χ0) is 19.8. The van der Waals surface area contributed by atoms with Gasteiger partial charge >= 0.3 is 0 Å². The normalized spacial score (nSPS) is 12.3. The molecule has 0 saturated carbocycles. The largest absolute Gasteiger partial charge is 0.319 e. The molecule has 10 heteroatoms. The molecule has 0 unspecified atom stereocenters. The molecule has 0 saturated heterocycles. The highest BCUT2D eigenvalue weighted by Crippen LogP contribution is 2.31. The summed E-state index contributed by atoms with van der Waals surface area (Å²) in [7, 11) is 1.29. The average molecular weight is 523 g/mol. The van der Waals surface area contributed by atoms with E-state index < -0.39 is 10.0 Å². The van der Waals surface area contributed by atoms with Crippen LogP contribution in [0.4, 0.5) is 5.69 Å². The van der Waals surface area contributed by atoms with E-state index in [1.54, 1.807) is 18.2 Å². The number of para-hydroxylation sites is 1. The minimum Gasteiger partial charge on any atom is -0.319 e. The summed E-state index contributed by atoms with van der Waals surface area (Å²) in [5.41, 5.74) is 2.06. The van der Waals surface area contributed by atoms with Crippen molar-refractivity contribution in [2.45, 2.75) is 4.90 Å². The second kappa shape index (κ2) is 9.11. The Hall–Kier alpha value is -1.16. The summed E-state index contributed by atoms with van der Waals surface area (Å²) in [6, 6.07) is 12.0. The van der Waals surface area contributed by atoms with Crippen LogP contribution in [-0.2, 0) is 17.1 Å². The Kier molecular flexibility index (Phi) is 7.52. The Morgan fingerprint density at radius 2 is 1.75 bits per heavy atom. The Morgan fingerprint density at radius 3 is 2.39 bits per heavy atom. The van der Waals surface area contributed by atoms with E-state index in [4.69, 9.17) is 23.2 Å². The average Bonchev–Trinajstić information content (AvgIpc) is 2.97. The lowest BCUT2D eigenvalue weighted by molar-refractivity contribution is 0.521. The molecule has 0 N–H and O–H groups in total. The highest BCUT2D eigenvalue weighted by Gasteiger charge is 2.20. The standard InChI is InChI=1S/C18H17Cl2N3O2S2.BrH/c1-22(2)27(24,25)12-8-9-14(19)13(10-12)17-11-26-18(23(17)3)21-16-7-5-4-6-15(16)20;/h4-11H,1-3H3;1H. The Morgan fingerprint density at radius 1 is 1.07 bits per heavy atom. The van der Waals surface area contributed by atoms with Crippen LogP contribution in [0.3, 0.4) is 0 Å². The van der Waals surface area contributed by atoms with Crippen molar-refractivity contribution in [1.82, 2.24) is 8.87 Å². The molecule has 0 amide bonds. The van der Waals surface area contributed by atoms with Crippen molar-refractivity contribution >= 4 is 67.2 Å². The topological polar surface area (TPSA) is 54.7 Å². The van der Waals surface area contributed by atoms with E-state index in [0.29, 0.717) is 21.3 Å². The molecule has 28 heavy (non-hydrogen) atoms. The molecular weight excluding hydrogens is 505 g/mol. The molecule has 0 atom stereocenters. The number of rotatable bonds is 4. The molecule has 0 bridgehead atoms. The number of nitrogens with zero attached hydrogens (tertiary/aromatic N) is 3. The maximum absolute atomic E-state index is 12.4. The molecule has 0 aliphatic heterocycles. The van der Waals surface area contributed by atoms with Gasteiger partial charge in [-0.25, -0.2) is 17.7 Å². The van der Waals surface area contributed by atoms with E-state index in [1.165, 1.54) is 35.8 Å². The van der Waals surface area contributed by atoms with E-state index >= 15 is 0 Å². The van der Waals surface area contributed by atoms with E-state index in [2.05, 4.69) is 4.99 Å². The summed E-state index contributed by atoms with van der Waals surface area (Å²) in [6.45, 7) is 0. The smallest absolute Gasteiger partial charge is 0.242 e. The molecule has 3 aromatic rings. The van der Waals surface area contributed by atoms with Gasteiger partial charge in [-0.1, -0.05) is 35.3 Å². The summed E-state index contributed by atoms with van der Waals surface area (Å²) in [5, 5.41) is 2.91. The van der Waals surface area contributed by atoms with Crippen molar-refractivity contribution in [2.24, 2.45) is 12.0 Å². The fraction of sp³-hybridized carbons (Fsp3) is 0.167. The molecule has 0 radical (unpaired) electrons. The van der Waals surface area contributed by atoms with Gasteiger partial charge in [0.1, 0.15) is 0 Å². The van der Waals surface area contributed by atoms with Crippen LogP contribution in [0, 0.1) is 0 Å². The summed E-state index contributed by atoms with van der Waals surface area (Å²) in [6.07, 6.45) is 0. The molecule has 150 valence electrons. The van der Waals surface area contributed by atoms with E-state index in [0.717, 1.165) is 10.5 Å². The van der Waals surface area contributed by atoms with Gasteiger partial charge in [0.05, 0.1) is 21.3 Å². The first-order valence-corrected chi connectivity index (χ1v) is 11.0. The summed E-state index contributed by atoms with van der Waals surface area (Å²) < 4.78 is 27.9. The Labute approximate surface area is 188 Å². The van der Waals surface area contributed by atoms with Crippen LogP contribution in [0.25, 0.3) is 11.3 Å². The van der Waals surface area contributed by atoms with Crippen molar-refractivity contribution in [3.8, 4) is 11.3 Å². The number of sulfonamides is 1. The molecular formula is C18H18BrCl2N3O2S2. The summed E-state index contributed by atoms with van der Waals surface area (Å²) in [4.78, 5) is 5.50. The van der Waals surface area contributed by atoms with E-state index in [-0.39, 0.29) is 21.9 Å². The van der Waals surface area contributed by atoms with Gasteiger partial charge in [0, 0.05) is 37.1 Å². The first kappa shape index (κ1) is 23.1. The first-order chi connectivity index (χ1) is 12.7. The summed E-state index contributed by atoms with van der Waals surface area (Å²) in [5.74, 6) is 0. The zero-order valence-corrected chi connectivity index (χ0v) is 20.1. The number of benzene rings is 2. The first-order valence-electron chi connectivity index (χ1n) is 7.88. The molecule has 2 aromatic carbocycles. The van der Waals surface area contributed by atoms with E-state index in [9.17, 15) is 8.42 Å². The van der Waals surface area contributed by atoms with Gasteiger partial charge in [-0.05, 0) is 30.3 Å². The number of halogens is 3. The van der Waals surface area contributed by atoms with Crippen LogP contribution < -0.4 is 4.80 Å². The molecule has 0 aliphatic rings. The molecule has 3 rings (SSSR count). The van der Waals surface area contributed by atoms with Gasteiger partial charge in [0.15, 0.2) is 4.80 Å². The molecule has 0 fully saturated rings. The lowest BCUT2D eigenvalue weighted by Gasteiger charge is -2.13. The SMILES string of the molecule is Br.CN(C)S(=O)(=O)c1ccc(Cl)c(-c2csc(=Nc3ccccc3Cl)n2C)c1. The fourth-order valence-corrected chi connectivity index (χ4v) is 4.66. The fourth-order valence-electron chi connectivity index (χ4n) is 2.43. The second-order valence-corrected chi connectivity index (χ2v) is 9.76. The minimum absolute atomic E-state index is 0. The number of thiazole rings is 1. The lowest BCUT2D eigenvalue weighted by atomic mass is 10.2. The lowest BCUT2D eigenvalue weighted by Crippen LogP contribution is -2.22. The third-order valence-electron chi connectivity index (χ3n) is 3.99. The highest BCUT2D eigenvalue weighted by atomic mass is 79.9. The quantitative estimate of drug-likeness (QED) is 0.477. The van der Waals surface area contributed by atoms with Gasteiger partial charge in [-0.2, -0.15) is 0 Å². The van der Waals surface area contributed by atoms with Crippen molar-refractivity contribution in [3.63, 3.8) is 0 Å². The van der Waals surface area contributed by atoms with Crippen LogP contribution in [0.2, 0.25) is 10.0 Å². The van der Waals surface area contributed by atoms with Gasteiger partial charge in [-0.3, -0.25) is 0 Å². The highest BCUT2D eigenvalue weighted by molar-refractivity contribution is 8.93. The Bertz CT molecular complexity index is 1170.